The number of hydrogen-bond acceptors (Lipinski definition) is 3. The number of anilines is 1. The molecule has 0 radical (unpaired) electrons. The fourth-order valence-corrected chi connectivity index (χ4v) is 1.26. The van der Waals surface area contributed by atoms with Crippen LogP contribution in [0.15, 0.2) is 18.3 Å². The summed E-state index contributed by atoms with van der Waals surface area (Å²) < 4.78 is 0. The Kier molecular flexibility index (Phi) is 4.92. The van der Waals surface area contributed by atoms with Crippen molar-refractivity contribution in [1.29, 1.82) is 0 Å². The van der Waals surface area contributed by atoms with Crippen LogP contribution in [0.4, 0.5) is 5.69 Å². The Hall–Kier alpha value is -1.42. The summed E-state index contributed by atoms with van der Waals surface area (Å²) in [6.07, 6.45) is 1.67. The lowest BCUT2D eigenvalue weighted by molar-refractivity contribution is -0.119. The first kappa shape index (κ1) is 12.6. The summed E-state index contributed by atoms with van der Waals surface area (Å²) in [5.74, 6) is -0.0205. The molecule has 1 aromatic rings. The highest BCUT2D eigenvalue weighted by molar-refractivity contribution is 5.92. The molecule has 88 valence electrons. The third kappa shape index (κ3) is 3.98. The van der Waals surface area contributed by atoms with Crippen LogP contribution >= 0.6 is 0 Å². The molecule has 1 rings (SSSR count). The standard InChI is InChI=1S/C12H19N3O/c1-4-13-7-9(2)12(16)15-11-6-5-10(3)14-8-11/h5-6,8-9,13H,4,7H2,1-3H3,(H,15,16). The first-order chi connectivity index (χ1) is 7.63. The maximum Gasteiger partial charge on any atom is 0.228 e. The van der Waals surface area contributed by atoms with Gasteiger partial charge < -0.3 is 10.6 Å². The second kappa shape index (κ2) is 6.23. The van der Waals surface area contributed by atoms with Gasteiger partial charge in [-0.05, 0) is 25.6 Å². The third-order valence-corrected chi connectivity index (χ3v) is 2.33. The average molecular weight is 221 g/mol. The van der Waals surface area contributed by atoms with Crippen LogP contribution in [-0.4, -0.2) is 24.0 Å². The highest BCUT2D eigenvalue weighted by atomic mass is 16.1. The summed E-state index contributed by atoms with van der Waals surface area (Å²) in [6, 6.07) is 3.74. The van der Waals surface area contributed by atoms with Crippen LogP contribution in [0.5, 0.6) is 0 Å². The summed E-state index contributed by atoms with van der Waals surface area (Å²) >= 11 is 0. The third-order valence-electron chi connectivity index (χ3n) is 2.33. The number of aromatic nitrogens is 1. The van der Waals surface area contributed by atoms with Crippen molar-refractivity contribution in [2.75, 3.05) is 18.4 Å². The molecule has 1 aromatic heterocycles. The van der Waals surface area contributed by atoms with Crippen molar-refractivity contribution in [2.45, 2.75) is 20.8 Å². The van der Waals surface area contributed by atoms with E-state index >= 15 is 0 Å². The lowest BCUT2D eigenvalue weighted by Gasteiger charge is -2.12. The van der Waals surface area contributed by atoms with Crippen LogP contribution in [0.25, 0.3) is 0 Å². The number of amides is 1. The molecule has 0 aliphatic rings. The van der Waals surface area contributed by atoms with Crippen LogP contribution in [0.1, 0.15) is 19.5 Å². The van der Waals surface area contributed by atoms with Gasteiger partial charge in [-0.2, -0.15) is 0 Å². The molecule has 2 N–H and O–H groups in total. The molecule has 0 aromatic carbocycles. The minimum atomic E-state index is -0.0405. The smallest absolute Gasteiger partial charge is 0.228 e. The normalized spacial score (nSPS) is 12.2. The van der Waals surface area contributed by atoms with E-state index in [1.807, 2.05) is 32.9 Å². The van der Waals surface area contributed by atoms with Gasteiger partial charge in [0.15, 0.2) is 0 Å². The average Bonchev–Trinajstić information content (AvgIpc) is 2.29. The minimum absolute atomic E-state index is 0.0200. The van der Waals surface area contributed by atoms with Crippen LogP contribution < -0.4 is 10.6 Å². The maximum atomic E-state index is 11.7. The molecule has 0 bridgehead atoms. The molecule has 1 heterocycles. The highest BCUT2D eigenvalue weighted by Gasteiger charge is 2.11. The number of carbonyl (C=O) groups is 1. The molecule has 0 saturated heterocycles. The van der Waals surface area contributed by atoms with E-state index in [4.69, 9.17) is 0 Å². The van der Waals surface area contributed by atoms with Crippen LogP contribution in [-0.2, 0) is 4.79 Å². The summed E-state index contributed by atoms with van der Waals surface area (Å²) in [4.78, 5) is 15.8. The van der Waals surface area contributed by atoms with Gasteiger partial charge in [0.2, 0.25) is 5.91 Å². The van der Waals surface area contributed by atoms with E-state index in [1.54, 1.807) is 6.20 Å². The van der Waals surface area contributed by atoms with Gasteiger partial charge >= 0.3 is 0 Å². The molecule has 0 aliphatic carbocycles. The zero-order chi connectivity index (χ0) is 12.0. The molecule has 0 spiro atoms. The van der Waals surface area contributed by atoms with E-state index < -0.39 is 0 Å². The van der Waals surface area contributed by atoms with Gasteiger partial charge in [-0.3, -0.25) is 9.78 Å². The van der Waals surface area contributed by atoms with Crippen LogP contribution in [0.3, 0.4) is 0 Å². The lowest BCUT2D eigenvalue weighted by Crippen LogP contribution is -2.30. The molecular weight excluding hydrogens is 202 g/mol. The number of hydrogen-bond donors (Lipinski definition) is 2. The Balaban J connectivity index is 2.47. The predicted octanol–water partition coefficient (Wildman–Crippen LogP) is 1.57. The molecule has 1 unspecified atom stereocenters. The van der Waals surface area contributed by atoms with Crippen molar-refractivity contribution < 1.29 is 4.79 Å². The number of nitrogens with zero attached hydrogens (tertiary/aromatic N) is 1. The molecule has 16 heavy (non-hydrogen) atoms. The second-order valence-electron chi connectivity index (χ2n) is 3.89. The van der Waals surface area contributed by atoms with E-state index in [9.17, 15) is 4.79 Å². The van der Waals surface area contributed by atoms with E-state index in [2.05, 4.69) is 15.6 Å². The molecule has 1 amide bonds. The fourth-order valence-electron chi connectivity index (χ4n) is 1.26. The van der Waals surface area contributed by atoms with E-state index in [0.717, 1.165) is 17.9 Å². The molecule has 1 atom stereocenters. The summed E-state index contributed by atoms with van der Waals surface area (Å²) in [6.45, 7) is 7.42. The topological polar surface area (TPSA) is 54.0 Å². The Morgan fingerprint density at radius 2 is 2.25 bits per heavy atom. The maximum absolute atomic E-state index is 11.7. The predicted molar refractivity (Wildman–Crippen MR) is 65.3 cm³/mol. The van der Waals surface area contributed by atoms with E-state index in [1.165, 1.54) is 0 Å². The van der Waals surface area contributed by atoms with E-state index in [-0.39, 0.29) is 11.8 Å². The van der Waals surface area contributed by atoms with Crippen molar-refractivity contribution >= 4 is 11.6 Å². The van der Waals surface area contributed by atoms with Crippen LogP contribution in [0, 0.1) is 12.8 Å². The van der Waals surface area contributed by atoms with Gasteiger partial charge in [0.25, 0.3) is 0 Å². The van der Waals surface area contributed by atoms with Gasteiger partial charge in [-0.1, -0.05) is 13.8 Å². The molecule has 4 heteroatoms. The highest BCUT2D eigenvalue weighted by Crippen LogP contribution is 2.07. The fraction of sp³-hybridized carbons (Fsp3) is 0.500. The SMILES string of the molecule is CCNCC(C)C(=O)Nc1ccc(C)nc1. The molecular formula is C12H19N3O. The zero-order valence-corrected chi connectivity index (χ0v) is 10.1. The zero-order valence-electron chi connectivity index (χ0n) is 10.1. The number of aryl methyl sites for hydroxylation is 1. The largest absolute Gasteiger partial charge is 0.324 e. The van der Waals surface area contributed by atoms with Gasteiger partial charge in [0.05, 0.1) is 11.9 Å². The van der Waals surface area contributed by atoms with Crippen molar-refractivity contribution in [3.63, 3.8) is 0 Å². The van der Waals surface area contributed by atoms with Crippen molar-refractivity contribution in [3.8, 4) is 0 Å². The van der Waals surface area contributed by atoms with Crippen LogP contribution in [0.2, 0.25) is 0 Å². The quantitative estimate of drug-likeness (QED) is 0.793. The summed E-state index contributed by atoms with van der Waals surface area (Å²) in [5, 5.41) is 5.98. The Morgan fingerprint density at radius 3 is 2.81 bits per heavy atom. The molecule has 0 aliphatic heterocycles. The monoisotopic (exact) mass is 221 g/mol. The van der Waals surface area contributed by atoms with Gasteiger partial charge in [-0.15, -0.1) is 0 Å². The summed E-state index contributed by atoms with van der Waals surface area (Å²) in [5.41, 5.74) is 1.69. The lowest BCUT2D eigenvalue weighted by atomic mass is 10.1. The number of pyridine rings is 1. The van der Waals surface area contributed by atoms with Gasteiger partial charge in [0, 0.05) is 18.2 Å². The minimum Gasteiger partial charge on any atom is -0.324 e. The van der Waals surface area contributed by atoms with E-state index in [0.29, 0.717) is 6.54 Å². The molecule has 0 fully saturated rings. The van der Waals surface area contributed by atoms with Crippen molar-refractivity contribution in [1.82, 2.24) is 10.3 Å². The molecule has 4 nitrogen and oxygen atoms in total. The second-order valence-corrected chi connectivity index (χ2v) is 3.89. The molecule has 0 saturated carbocycles. The number of rotatable bonds is 5. The Labute approximate surface area is 96.5 Å². The Bertz CT molecular complexity index is 335. The first-order valence-corrected chi connectivity index (χ1v) is 5.57. The Morgan fingerprint density at radius 1 is 1.50 bits per heavy atom. The van der Waals surface area contributed by atoms with Gasteiger partial charge in [0.1, 0.15) is 0 Å². The van der Waals surface area contributed by atoms with Gasteiger partial charge in [-0.25, -0.2) is 0 Å². The van der Waals surface area contributed by atoms with Crippen molar-refractivity contribution in [2.24, 2.45) is 5.92 Å². The van der Waals surface area contributed by atoms with Crippen molar-refractivity contribution in [3.05, 3.63) is 24.0 Å². The first-order valence-electron chi connectivity index (χ1n) is 5.57. The summed E-state index contributed by atoms with van der Waals surface area (Å²) in [7, 11) is 0. The number of nitrogens with one attached hydrogen (secondary N) is 2. The number of carbonyl (C=O) groups excluding carboxylic acids is 1.